The molecule has 0 saturated heterocycles. The minimum absolute atomic E-state index is 0. The van der Waals surface area contributed by atoms with Gasteiger partial charge in [0.15, 0.2) is 0 Å². The fourth-order valence-corrected chi connectivity index (χ4v) is 2.23. The number of rotatable bonds is 3. The maximum Gasteiger partial charge on any atom is 1.00 e. The Morgan fingerprint density at radius 2 is 1.92 bits per heavy atom. The molecule has 1 fully saturated rings. The zero-order valence-electron chi connectivity index (χ0n) is 8.02. The molecule has 1 atom stereocenters. The normalized spacial score (nSPS) is 20.4. The average molecular weight is 277 g/mol. The first-order valence-electron chi connectivity index (χ1n) is 4.96. The Morgan fingerprint density at radius 3 is 2.31 bits per heavy atom. The second-order valence-corrected chi connectivity index (χ2v) is 3.73. The molecule has 0 aliphatic heterocycles. The first-order valence-corrected chi connectivity index (χ1v) is 4.96. The summed E-state index contributed by atoms with van der Waals surface area (Å²) in [6.07, 6.45) is 6.59. The summed E-state index contributed by atoms with van der Waals surface area (Å²) in [7, 11) is 0. The van der Waals surface area contributed by atoms with Gasteiger partial charge in [-0.15, -0.1) is 0 Å². The molecule has 0 heterocycles. The molecule has 1 aliphatic carbocycles. The number of carboxylic acid groups (broad SMARTS) is 1. The summed E-state index contributed by atoms with van der Waals surface area (Å²) in [5.74, 6) is -0.636. The van der Waals surface area contributed by atoms with Crippen molar-refractivity contribution < 1.29 is 32.3 Å². The van der Waals surface area contributed by atoms with E-state index in [9.17, 15) is 9.90 Å². The van der Waals surface area contributed by atoms with E-state index in [1.54, 1.807) is 0 Å². The third-order valence-electron chi connectivity index (χ3n) is 2.96. The number of aliphatic carboxylic acids is 1. The van der Waals surface area contributed by atoms with Crippen LogP contribution in [0, 0.1) is 11.8 Å². The average Bonchev–Trinajstić information content (AvgIpc) is 2.07. The Hall–Kier alpha value is 0.210. The smallest absolute Gasteiger partial charge is 0.550 e. The van der Waals surface area contributed by atoms with Gasteiger partial charge in [-0.05, 0) is 25.2 Å². The molecular formula is C10H17AgO2. The molecule has 0 aromatic heterocycles. The third-order valence-corrected chi connectivity index (χ3v) is 2.96. The van der Waals surface area contributed by atoms with Crippen molar-refractivity contribution in [3.8, 4) is 0 Å². The molecule has 0 aromatic rings. The molecule has 1 aliphatic rings. The molecule has 80 valence electrons. The first-order chi connectivity index (χ1) is 5.75. The number of hydrogen-bond donors (Lipinski definition) is 0. The van der Waals surface area contributed by atoms with Gasteiger partial charge in [-0.1, -0.05) is 26.2 Å². The van der Waals surface area contributed by atoms with Crippen LogP contribution in [0.5, 0.6) is 0 Å². The molecule has 0 amide bonds. The van der Waals surface area contributed by atoms with Crippen LogP contribution in [0.4, 0.5) is 0 Å². The van der Waals surface area contributed by atoms with Crippen molar-refractivity contribution >= 4 is 5.97 Å². The molecule has 0 radical (unpaired) electrons. The first kappa shape index (κ1) is 13.2. The van der Waals surface area contributed by atoms with E-state index in [-0.39, 0.29) is 28.3 Å². The van der Waals surface area contributed by atoms with Crippen molar-refractivity contribution in [2.24, 2.45) is 11.8 Å². The van der Waals surface area contributed by atoms with E-state index in [2.05, 4.69) is 0 Å². The maximum atomic E-state index is 10.7. The van der Waals surface area contributed by atoms with Crippen LogP contribution in [0.25, 0.3) is 0 Å². The van der Waals surface area contributed by atoms with E-state index < -0.39 is 5.97 Å². The molecular weight excluding hydrogens is 260 g/mol. The summed E-state index contributed by atoms with van der Waals surface area (Å²) >= 11 is 0. The van der Waals surface area contributed by atoms with Gasteiger partial charge in [-0.3, -0.25) is 0 Å². The zero-order chi connectivity index (χ0) is 8.97. The van der Waals surface area contributed by atoms with Gasteiger partial charge in [-0.2, -0.15) is 0 Å². The molecule has 0 N–H and O–H groups in total. The second-order valence-electron chi connectivity index (χ2n) is 3.73. The van der Waals surface area contributed by atoms with E-state index in [1.807, 2.05) is 6.92 Å². The molecule has 0 spiro atoms. The Labute approximate surface area is 95.6 Å². The van der Waals surface area contributed by atoms with E-state index in [0.717, 1.165) is 19.3 Å². The summed E-state index contributed by atoms with van der Waals surface area (Å²) in [5.41, 5.74) is 0. The molecule has 0 bridgehead atoms. The third kappa shape index (κ3) is 3.84. The largest absolute Gasteiger partial charge is 1.00 e. The number of carbonyl (C=O) groups excluding carboxylic acids is 1. The van der Waals surface area contributed by atoms with Gasteiger partial charge >= 0.3 is 22.4 Å². The van der Waals surface area contributed by atoms with Gasteiger partial charge in [0.25, 0.3) is 0 Å². The molecule has 1 saturated carbocycles. The number of carboxylic acids is 1. The van der Waals surface area contributed by atoms with E-state index >= 15 is 0 Å². The fraction of sp³-hybridized carbons (Fsp3) is 0.900. The van der Waals surface area contributed by atoms with E-state index in [4.69, 9.17) is 0 Å². The van der Waals surface area contributed by atoms with Crippen molar-refractivity contribution in [1.29, 1.82) is 0 Å². The zero-order valence-corrected chi connectivity index (χ0v) is 9.50. The van der Waals surface area contributed by atoms with Crippen molar-refractivity contribution in [3.63, 3.8) is 0 Å². The maximum absolute atomic E-state index is 10.7. The Kier molecular flexibility index (Phi) is 6.74. The second kappa shape index (κ2) is 6.63. The van der Waals surface area contributed by atoms with Gasteiger partial charge < -0.3 is 9.90 Å². The summed E-state index contributed by atoms with van der Waals surface area (Å²) < 4.78 is 0. The predicted octanol–water partition coefficient (Wildman–Crippen LogP) is 1.34. The van der Waals surface area contributed by atoms with Crippen LogP contribution in [-0.2, 0) is 27.2 Å². The van der Waals surface area contributed by atoms with Gasteiger partial charge in [0.1, 0.15) is 0 Å². The molecule has 3 heteroatoms. The van der Waals surface area contributed by atoms with Gasteiger partial charge in [0.2, 0.25) is 0 Å². The SMILES string of the molecule is CCC(C(=O)[O-])C1CCCCC1.[Ag+]. The van der Waals surface area contributed by atoms with Crippen molar-refractivity contribution in [2.45, 2.75) is 45.4 Å². The number of hydrogen-bond acceptors (Lipinski definition) is 2. The molecule has 0 aromatic carbocycles. The Balaban J connectivity index is 0.00000144. The summed E-state index contributed by atoms with van der Waals surface area (Å²) in [6.45, 7) is 1.94. The minimum atomic E-state index is -0.843. The van der Waals surface area contributed by atoms with Crippen LogP contribution in [-0.4, -0.2) is 5.97 Å². The molecule has 13 heavy (non-hydrogen) atoms. The van der Waals surface area contributed by atoms with E-state index in [1.165, 1.54) is 19.3 Å². The minimum Gasteiger partial charge on any atom is -0.550 e. The fourth-order valence-electron chi connectivity index (χ4n) is 2.23. The van der Waals surface area contributed by atoms with Gasteiger partial charge in [0.05, 0.1) is 0 Å². The van der Waals surface area contributed by atoms with Crippen LogP contribution < -0.4 is 5.11 Å². The van der Waals surface area contributed by atoms with Crippen LogP contribution in [0.15, 0.2) is 0 Å². The summed E-state index contributed by atoms with van der Waals surface area (Å²) in [6, 6.07) is 0. The molecule has 1 rings (SSSR count). The van der Waals surface area contributed by atoms with Crippen molar-refractivity contribution in [2.75, 3.05) is 0 Å². The predicted molar refractivity (Wildman–Crippen MR) is 45.4 cm³/mol. The van der Waals surface area contributed by atoms with Crippen LogP contribution in [0.1, 0.15) is 45.4 Å². The van der Waals surface area contributed by atoms with Crippen LogP contribution >= 0.6 is 0 Å². The molecule has 1 unspecified atom stereocenters. The van der Waals surface area contributed by atoms with Gasteiger partial charge in [-0.25, -0.2) is 0 Å². The van der Waals surface area contributed by atoms with Crippen molar-refractivity contribution in [3.05, 3.63) is 0 Å². The van der Waals surface area contributed by atoms with Crippen LogP contribution in [0.3, 0.4) is 0 Å². The summed E-state index contributed by atoms with van der Waals surface area (Å²) in [4.78, 5) is 10.7. The molecule has 2 nitrogen and oxygen atoms in total. The van der Waals surface area contributed by atoms with Crippen LogP contribution in [0.2, 0.25) is 0 Å². The summed E-state index contributed by atoms with van der Waals surface area (Å²) in [5, 5.41) is 10.7. The van der Waals surface area contributed by atoms with Gasteiger partial charge in [0, 0.05) is 11.9 Å². The van der Waals surface area contributed by atoms with Crippen molar-refractivity contribution in [1.82, 2.24) is 0 Å². The monoisotopic (exact) mass is 276 g/mol. The quantitative estimate of drug-likeness (QED) is 0.730. The Morgan fingerprint density at radius 1 is 1.38 bits per heavy atom. The topological polar surface area (TPSA) is 40.1 Å². The Bertz CT molecular complexity index is 153. The number of carbonyl (C=O) groups is 1. The van der Waals surface area contributed by atoms with E-state index in [0.29, 0.717) is 5.92 Å². The standard InChI is InChI=1S/C10H18O2.Ag/c1-2-9(10(11)12)8-6-4-3-5-7-8;/h8-9H,2-7H2,1H3,(H,11,12);/q;+1/p-1.